The Morgan fingerprint density at radius 2 is 2.11 bits per heavy atom. The minimum absolute atomic E-state index is 0.555. The molecule has 3 rings (SSSR count). The summed E-state index contributed by atoms with van der Waals surface area (Å²) in [4.78, 5) is 6.63. The summed E-state index contributed by atoms with van der Waals surface area (Å²) in [6, 6.07) is 8.47. The van der Waals surface area contributed by atoms with E-state index >= 15 is 0 Å². The molecule has 4 heteroatoms. The van der Waals surface area contributed by atoms with Gasteiger partial charge in [-0.05, 0) is 38.3 Å². The van der Waals surface area contributed by atoms with Crippen molar-refractivity contribution in [3.63, 3.8) is 0 Å². The van der Waals surface area contributed by atoms with Gasteiger partial charge in [0.25, 0.3) is 6.01 Å². The summed E-state index contributed by atoms with van der Waals surface area (Å²) in [7, 11) is 0. The van der Waals surface area contributed by atoms with E-state index in [9.17, 15) is 5.11 Å². The van der Waals surface area contributed by atoms with Gasteiger partial charge in [-0.3, -0.25) is 0 Å². The van der Waals surface area contributed by atoms with Crippen molar-refractivity contribution in [1.29, 1.82) is 0 Å². The molecular formula is C14H18N2O2. The lowest BCUT2D eigenvalue weighted by molar-refractivity contribution is 0.0481. The maximum Gasteiger partial charge on any atom is 0.298 e. The number of hydrogen-bond acceptors (Lipinski definition) is 4. The van der Waals surface area contributed by atoms with E-state index in [0.29, 0.717) is 6.01 Å². The van der Waals surface area contributed by atoms with Gasteiger partial charge in [0, 0.05) is 13.1 Å². The first kappa shape index (κ1) is 11.5. The third-order valence-electron chi connectivity index (χ3n) is 3.62. The van der Waals surface area contributed by atoms with E-state index in [1.165, 1.54) is 0 Å². The van der Waals surface area contributed by atoms with E-state index in [0.717, 1.165) is 43.5 Å². The number of oxazole rings is 1. The van der Waals surface area contributed by atoms with Gasteiger partial charge in [-0.25, -0.2) is 0 Å². The third kappa shape index (κ3) is 2.20. The van der Waals surface area contributed by atoms with Gasteiger partial charge in [0.05, 0.1) is 5.60 Å². The van der Waals surface area contributed by atoms with Gasteiger partial charge in [-0.1, -0.05) is 12.1 Å². The van der Waals surface area contributed by atoms with Crippen LogP contribution in [0.5, 0.6) is 0 Å². The summed E-state index contributed by atoms with van der Waals surface area (Å²) in [5.74, 6) is 0. The van der Waals surface area contributed by atoms with Crippen LogP contribution in [-0.4, -0.2) is 28.8 Å². The minimum atomic E-state index is -0.555. The first-order valence-electron chi connectivity index (χ1n) is 6.47. The van der Waals surface area contributed by atoms with Crippen molar-refractivity contribution in [2.45, 2.75) is 31.8 Å². The van der Waals surface area contributed by atoms with Gasteiger partial charge in [0.1, 0.15) is 5.52 Å². The number of aromatic nitrogens is 1. The van der Waals surface area contributed by atoms with Gasteiger partial charge in [-0.2, -0.15) is 4.98 Å². The zero-order valence-corrected chi connectivity index (χ0v) is 10.6. The van der Waals surface area contributed by atoms with E-state index in [-0.39, 0.29) is 0 Å². The standard InChI is InChI=1S/C14H18N2O2/c1-14(17)7-4-9-16(10-8-14)13-15-11-5-2-3-6-12(11)18-13/h2-3,5-6,17H,4,7-10H2,1H3. The molecule has 96 valence electrons. The molecule has 1 saturated heterocycles. The largest absolute Gasteiger partial charge is 0.423 e. The molecule has 1 aromatic heterocycles. The number of aliphatic hydroxyl groups is 1. The first-order valence-corrected chi connectivity index (χ1v) is 6.47. The van der Waals surface area contributed by atoms with Gasteiger partial charge in [0.15, 0.2) is 5.58 Å². The van der Waals surface area contributed by atoms with Crippen LogP contribution in [0, 0.1) is 0 Å². The molecule has 1 aromatic carbocycles. The van der Waals surface area contributed by atoms with Gasteiger partial charge < -0.3 is 14.4 Å². The Kier molecular flexibility index (Phi) is 2.74. The van der Waals surface area contributed by atoms with Crippen LogP contribution in [-0.2, 0) is 0 Å². The highest BCUT2D eigenvalue weighted by molar-refractivity contribution is 5.74. The zero-order chi connectivity index (χ0) is 12.6. The maximum atomic E-state index is 10.1. The van der Waals surface area contributed by atoms with Crippen LogP contribution in [0.4, 0.5) is 6.01 Å². The number of rotatable bonds is 1. The normalized spacial score (nSPS) is 25.3. The predicted octanol–water partition coefficient (Wildman–Crippen LogP) is 2.57. The van der Waals surface area contributed by atoms with E-state index in [1.807, 2.05) is 31.2 Å². The molecule has 4 nitrogen and oxygen atoms in total. The number of fused-ring (bicyclic) bond motifs is 1. The summed E-state index contributed by atoms with van der Waals surface area (Å²) >= 11 is 0. The van der Waals surface area contributed by atoms with E-state index < -0.39 is 5.60 Å². The molecule has 0 amide bonds. The molecule has 2 heterocycles. The highest BCUT2D eigenvalue weighted by atomic mass is 16.4. The Balaban J connectivity index is 1.85. The zero-order valence-electron chi connectivity index (χ0n) is 10.6. The monoisotopic (exact) mass is 246 g/mol. The Morgan fingerprint density at radius 3 is 2.94 bits per heavy atom. The summed E-state index contributed by atoms with van der Waals surface area (Å²) < 4.78 is 5.76. The van der Waals surface area contributed by atoms with E-state index in [1.54, 1.807) is 0 Å². The maximum absolute atomic E-state index is 10.1. The molecule has 1 unspecified atom stereocenters. The second-order valence-corrected chi connectivity index (χ2v) is 5.30. The van der Waals surface area contributed by atoms with Crippen molar-refractivity contribution in [3.05, 3.63) is 24.3 Å². The third-order valence-corrected chi connectivity index (χ3v) is 3.62. The van der Waals surface area contributed by atoms with E-state index in [4.69, 9.17) is 4.42 Å². The average Bonchev–Trinajstić information content (AvgIpc) is 2.68. The van der Waals surface area contributed by atoms with Crippen molar-refractivity contribution in [2.24, 2.45) is 0 Å². The van der Waals surface area contributed by atoms with Crippen LogP contribution in [0.2, 0.25) is 0 Å². The second kappa shape index (κ2) is 4.28. The molecule has 1 fully saturated rings. The average molecular weight is 246 g/mol. The van der Waals surface area contributed by atoms with Crippen molar-refractivity contribution < 1.29 is 9.52 Å². The SMILES string of the molecule is CC1(O)CCCN(c2nc3ccccc3o2)CC1. The highest BCUT2D eigenvalue weighted by Crippen LogP contribution is 2.27. The number of benzene rings is 1. The Hall–Kier alpha value is -1.55. The minimum Gasteiger partial charge on any atom is -0.423 e. The molecule has 1 atom stereocenters. The van der Waals surface area contributed by atoms with Crippen LogP contribution in [0.3, 0.4) is 0 Å². The topological polar surface area (TPSA) is 49.5 Å². The summed E-state index contributed by atoms with van der Waals surface area (Å²) in [5, 5.41) is 10.1. The van der Waals surface area contributed by atoms with Crippen molar-refractivity contribution >= 4 is 17.1 Å². The molecule has 1 N–H and O–H groups in total. The molecule has 0 saturated carbocycles. The summed E-state index contributed by atoms with van der Waals surface area (Å²) in [5.41, 5.74) is 1.16. The molecule has 2 aromatic rings. The van der Waals surface area contributed by atoms with Gasteiger partial charge >= 0.3 is 0 Å². The second-order valence-electron chi connectivity index (χ2n) is 5.30. The van der Waals surface area contributed by atoms with Crippen LogP contribution in [0.1, 0.15) is 26.2 Å². The highest BCUT2D eigenvalue weighted by Gasteiger charge is 2.26. The smallest absolute Gasteiger partial charge is 0.298 e. The Morgan fingerprint density at radius 1 is 1.28 bits per heavy atom. The molecule has 0 radical (unpaired) electrons. The fourth-order valence-corrected chi connectivity index (χ4v) is 2.45. The number of nitrogens with zero attached hydrogens (tertiary/aromatic N) is 2. The molecule has 1 aliphatic rings. The van der Waals surface area contributed by atoms with Crippen LogP contribution < -0.4 is 4.90 Å². The van der Waals surface area contributed by atoms with E-state index in [2.05, 4.69) is 9.88 Å². The quantitative estimate of drug-likeness (QED) is 0.840. The lowest BCUT2D eigenvalue weighted by atomic mass is 9.98. The predicted molar refractivity (Wildman–Crippen MR) is 70.7 cm³/mol. The first-order chi connectivity index (χ1) is 8.64. The summed E-state index contributed by atoms with van der Waals surface area (Å²) in [6.07, 6.45) is 2.56. The van der Waals surface area contributed by atoms with Gasteiger partial charge in [-0.15, -0.1) is 0 Å². The molecule has 0 spiro atoms. The lowest BCUT2D eigenvalue weighted by Crippen LogP contribution is -2.28. The number of hydrogen-bond donors (Lipinski definition) is 1. The lowest BCUT2D eigenvalue weighted by Gasteiger charge is -2.21. The van der Waals surface area contributed by atoms with Crippen LogP contribution in [0.15, 0.2) is 28.7 Å². The summed E-state index contributed by atoms with van der Waals surface area (Å²) in [6.45, 7) is 3.59. The molecule has 18 heavy (non-hydrogen) atoms. The Bertz CT molecular complexity index is 514. The van der Waals surface area contributed by atoms with Gasteiger partial charge in [0.2, 0.25) is 0 Å². The number of para-hydroxylation sites is 2. The van der Waals surface area contributed by atoms with Crippen molar-refractivity contribution in [1.82, 2.24) is 4.98 Å². The van der Waals surface area contributed by atoms with Crippen LogP contribution >= 0.6 is 0 Å². The fourth-order valence-electron chi connectivity index (χ4n) is 2.45. The van der Waals surface area contributed by atoms with Crippen molar-refractivity contribution in [2.75, 3.05) is 18.0 Å². The molecule has 0 bridgehead atoms. The van der Waals surface area contributed by atoms with Crippen LogP contribution in [0.25, 0.3) is 11.1 Å². The molecular weight excluding hydrogens is 228 g/mol. The Labute approximate surface area is 106 Å². The molecule has 1 aliphatic heterocycles. The van der Waals surface area contributed by atoms with Crippen molar-refractivity contribution in [3.8, 4) is 0 Å². The molecule has 0 aliphatic carbocycles. The fraction of sp³-hybridized carbons (Fsp3) is 0.500. The number of anilines is 1.